The van der Waals surface area contributed by atoms with Crippen molar-refractivity contribution in [1.82, 2.24) is 4.90 Å². The van der Waals surface area contributed by atoms with E-state index in [0.717, 1.165) is 22.9 Å². The van der Waals surface area contributed by atoms with Crippen molar-refractivity contribution in [3.63, 3.8) is 0 Å². The van der Waals surface area contributed by atoms with E-state index < -0.39 is 5.60 Å². The maximum absolute atomic E-state index is 12.5. The van der Waals surface area contributed by atoms with Gasteiger partial charge in [-0.25, -0.2) is 0 Å². The Bertz CT molecular complexity index is 483. The van der Waals surface area contributed by atoms with Crippen LogP contribution in [0.25, 0.3) is 0 Å². The highest BCUT2D eigenvalue weighted by Crippen LogP contribution is 2.50. The second kappa shape index (κ2) is 3.81. The molecule has 3 rings (SSSR count). The molecule has 1 amide bonds. The van der Waals surface area contributed by atoms with Crippen LogP contribution in [-0.2, 0) is 10.2 Å². The Morgan fingerprint density at radius 3 is 2.28 bits per heavy atom. The van der Waals surface area contributed by atoms with E-state index in [2.05, 4.69) is 15.9 Å². The molecule has 0 spiro atoms. The van der Waals surface area contributed by atoms with E-state index in [1.807, 2.05) is 24.3 Å². The molecule has 0 atom stereocenters. The first-order valence-corrected chi connectivity index (χ1v) is 7.00. The van der Waals surface area contributed by atoms with Gasteiger partial charge in [-0.15, -0.1) is 0 Å². The van der Waals surface area contributed by atoms with Gasteiger partial charge in [0.2, 0.25) is 5.91 Å². The number of halogens is 1. The molecule has 0 unspecified atom stereocenters. The van der Waals surface area contributed by atoms with E-state index in [1.54, 1.807) is 11.8 Å². The number of nitrogens with zero attached hydrogens (tertiary/aromatic N) is 1. The smallest absolute Gasteiger partial charge is 0.233 e. The van der Waals surface area contributed by atoms with Crippen molar-refractivity contribution in [2.45, 2.75) is 30.8 Å². The molecule has 2 fully saturated rings. The third-order valence-electron chi connectivity index (χ3n) is 3.91. The highest BCUT2D eigenvalue weighted by Gasteiger charge is 2.56. The van der Waals surface area contributed by atoms with E-state index in [-0.39, 0.29) is 11.3 Å². The molecule has 1 saturated heterocycles. The van der Waals surface area contributed by atoms with Gasteiger partial charge in [-0.3, -0.25) is 4.79 Å². The predicted octanol–water partition coefficient (Wildman–Crippen LogP) is 2.07. The van der Waals surface area contributed by atoms with Gasteiger partial charge in [0, 0.05) is 4.47 Å². The van der Waals surface area contributed by atoms with Crippen LogP contribution in [0.3, 0.4) is 0 Å². The van der Waals surface area contributed by atoms with Crippen molar-refractivity contribution < 1.29 is 9.90 Å². The third kappa shape index (κ3) is 1.88. The lowest BCUT2D eigenvalue weighted by molar-refractivity contribution is -0.155. The quantitative estimate of drug-likeness (QED) is 0.908. The molecular formula is C14H16BrNO2. The normalized spacial score (nSPS) is 23.4. The number of carbonyl (C=O) groups is 1. The lowest BCUT2D eigenvalue weighted by atomic mass is 9.89. The Labute approximate surface area is 115 Å². The van der Waals surface area contributed by atoms with Crippen LogP contribution in [0.4, 0.5) is 0 Å². The van der Waals surface area contributed by atoms with Gasteiger partial charge in [0.25, 0.3) is 0 Å². The van der Waals surface area contributed by atoms with Crippen LogP contribution in [0.1, 0.15) is 25.3 Å². The first-order chi connectivity index (χ1) is 8.43. The van der Waals surface area contributed by atoms with Gasteiger partial charge in [0.1, 0.15) is 0 Å². The summed E-state index contributed by atoms with van der Waals surface area (Å²) in [6.45, 7) is 2.70. The minimum Gasteiger partial charge on any atom is -0.386 e. The second-order valence-corrected chi connectivity index (χ2v) is 6.66. The molecule has 0 bridgehead atoms. The van der Waals surface area contributed by atoms with Crippen molar-refractivity contribution in [3.8, 4) is 0 Å². The fourth-order valence-corrected chi connectivity index (χ4v) is 3.01. The molecule has 1 N–H and O–H groups in total. The molecule has 1 aliphatic heterocycles. The summed E-state index contributed by atoms with van der Waals surface area (Å²) in [5.74, 6) is 0.177. The molecule has 0 aromatic heterocycles. The molecule has 1 aromatic rings. The zero-order chi connectivity index (χ0) is 13.0. The van der Waals surface area contributed by atoms with Crippen molar-refractivity contribution in [2.75, 3.05) is 13.1 Å². The Balaban J connectivity index is 1.79. The summed E-state index contributed by atoms with van der Waals surface area (Å²) in [6.07, 6.45) is 1.85. The summed E-state index contributed by atoms with van der Waals surface area (Å²) in [4.78, 5) is 14.3. The number of hydrogen-bond acceptors (Lipinski definition) is 2. The van der Waals surface area contributed by atoms with Crippen LogP contribution < -0.4 is 0 Å². The van der Waals surface area contributed by atoms with Gasteiger partial charge in [-0.1, -0.05) is 28.1 Å². The fourth-order valence-electron chi connectivity index (χ4n) is 2.74. The molecule has 1 aliphatic carbocycles. The Kier molecular flexibility index (Phi) is 2.58. The number of carbonyl (C=O) groups excluding carboxylic acids is 1. The Hall–Kier alpha value is -0.870. The number of benzene rings is 1. The summed E-state index contributed by atoms with van der Waals surface area (Å²) < 4.78 is 1.03. The van der Waals surface area contributed by atoms with Crippen LogP contribution in [-0.4, -0.2) is 34.6 Å². The number of hydrogen-bond donors (Lipinski definition) is 1. The Morgan fingerprint density at radius 1 is 1.28 bits per heavy atom. The highest BCUT2D eigenvalue weighted by atomic mass is 79.9. The van der Waals surface area contributed by atoms with Crippen molar-refractivity contribution in [2.24, 2.45) is 0 Å². The average Bonchev–Trinajstić information content (AvgIpc) is 3.07. The minimum absolute atomic E-state index is 0.177. The lowest BCUT2D eigenvalue weighted by Gasteiger charge is -2.45. The van der Waals surface area contributed by atoms with Gasteiger partial charge >= 0.3 is 0 Å². The standard InChI is InChI=1S/C14H16BrNO2/c1-13(18)8-16(9-13)12(17)14(6-7-14)10-2-4-11(15)5-3-10/h2-5,18H,6-9H2,1H3. The van der Waals surface area contributed by atoms with E-state index in [4.69, 9.17) is 0 Å². The van der Waals surface area contributed by atoms with Crippen molar-refractivity contribution in [1.29, 1.82) is 0 Å². The SMILES string of the molecule is CC1(O)CN(C(=O)C2(c3ccc(Br)cc3)CC2)C1. The van der Waals surface area contributed by atoms with Gasteiger partial charge in [0.15, 0.2) is 0 Å². The molecule has 1 heterocycles. The van der Waals surface area contributed by atoms with E-state index in [9.17, 15) is 9.90 Å². The highest BCUT2D eigenvalue weighted by molar-refractivity contribution is 9.10. The molecule has 4 heteroatoms. The van der Waals surface area contributed by atoms with Crippen LogP contribution in [0.2, 0.25) is 0 Å². The van der Waals surface area contributed by atoms with Crippen molar-refractivity contribution >= 4 is 21.8 Å². The summed E-state index contributed by atoms with van der Waals surface area (Å²) in [5.41, 5.74) is 0.102. The molecule has 2 aliphatic rings. The van der Waals surface area contributed by atoms with Crippen molar-refractivity contribution in [3.05, 3.63) is 34.3 Å². The molecule has 96 valence electrons. The average molecular weight is 310 g/mol. The summed E-state index contributed by atoms with van der Waals surface area (Å²) in [6, 6.07) is 8.00. The maximum Gasteiger partial charge on any atom is 0.233 e. The van der Waals surface area contributed by atoms with Gasteiger partial charge in [-0.05, 0) is 37.5 Å². The number of amides is 1. The zero-order valence-corrected chi connectivity index (χ0v) is 11.9. The van der Waals surface area contributed by atoms with Crippen LogP contribution in [0.5, 0.6) is 0 Å². The predicted molar refractivity (Wildman–Crippen MR) is 72.3 cm³/mol. The second-order valence-electron chi connectivity index (χ2n) is 5.75. The van der Waals surface area contributed by atoms with Crippen LogP contribution in [0, 0.1) is 0 Å². The number of likely N-dealkylation sites (tertiary alicyclic amines) is 1. The lowest BCUT2D eigenvalue weighted by Crippen LogP contribution is -2.63. The first-order valence-electron chi connectivity index (χ1n) is 6.21. The van der Waals surface area contributed by atoms with Gasteiger partial charge < -0.3 is 10.0 Å². The monoisotopic (exact) mass is 309 g/mol. The van der Waals surface area contributed by atoms with Crippen LogP contribution in [0.15, 0.2) is 28.7 Å². The number of rotatable bonds is 2. The van der Waals surface area contributed by atoms with E-state index in [0.29, 0.717) is 13.1 Å². The molecule has 1 saturated carbocycles. The van der Waals surface area contributed by atoms with E-state index >= 15 is 0 Å². The zero-order valence-electron chi connectivity index (χ0n) is 10.3. The molecule has 18 heavy (non-hydrogen) atoms. The largest absolute Gasteiger partial charge is 0.386 e. The summed E-state index contributed by atoms with van der Waals surface area (Å²) in [5, 5.41) is 9.73. The first kappa shape index (κ1) is 12.2. The Morgan fingerprint density at radius 2 is 1.83 bits per heavy atom. The van der Waals surface area contributed by atoms with Gasteiger partial charge in [0.05, 0.1) is 24.1 Å². The summed E-state index contributed by atoms with van der Waals surface area (Å²) in [7, 11) is 0. The van der Waals surface area contributed by atoms with Crippen LogP contribution >= 0.6 is 15.9 Å². The third-order valence-corrected chi connectivity index (χ3v) is 4.44. The fraction of sp³-hybridized carbons (Fsp3) is 0.500. The number of aliphatic hydroxyl groups is 1. The molecule has 0 radical (unpaired) electrons. The summed E-state index contributed by atoms with van der Waals surface area (Å²) >= 11 is 3.41. The molecule has 1 aromatic carbocycles. The van der Waals surface area contributed by atoms with Gasteiger partial charge in [-0.2, -0.15) is 0 Å². The number of β-amino-alcohol motifs (C(OH)–C–C–N with tert-alkyl or cyclic N) is 1. The van der Waals surface area contributed by atoms with E-state index in [1.165, 1.54) is 0 Å². The maximum atomic E-state index is 12.5. The minimum atomic E-state index is -0.689. The molecule has 3 nitrogen and oxygen atoms in total. The molecular weight excluding hydrogens is 294 g/mol. The topological polar surface area (TPSA) is 40.5 Å².